The number of aryl methyl sites for hydroxylation is 1. The zero-order chi connectivity index (χ0) is 13.4. The van der Waals surface area contributed by atoms with Crippen LogP contribution in [0.1, 0.15) is 24.0 Å². The highest BCUT2D eigenvalue weighted by Crippen LogP contribution is 2.33. The zero-order valence-corrected chi connectivity index (χ0v) is 11.0. The van der Waals surface area contributed by atoms with Gasteiger partial charge in [0, 0.05) is 23.9 Å². The Morgan fingerprint density at radius 2 is 2.11 bits per heavy atom. The molecule has 4 nitrogen and oxygen atoms in total. The lowest BCUT2D eigenvalue weighted by Gasteiger charge is -2.01. The molecule has 0 amide bonds. The first-order valence-electron chi connectivity index (χ1n) is 6.32. The maximum atomic E-state index is 10.1. The van der Waals surface area contributed by atoms with Gasteiger partial charge in [-0.3, -0.25) is 9.56 Å². The summed E-state index contributed by atoms with van der Waals surface area (Å²) in [6.07, 6.45) is 3.69. The minimum absolute atomic E-state index is 0.213. The Balaban J connectivity index is 2.07. The number of allylic oxidation sites excluding steroid dienone is 1. The summed E-state index contributed by atoms with van der Waals surface area (Å²) in [4.78, 5) is 8.74. The van der Waals surface area contributed by atoms with E-state index in [1.165, 1.54) is 0 Å². The van der Waals surface area contributed by atoms with E-state index in [9.17, 15) is 5.11 Å². The Morgan fingerprint density at radius 3 is 2.84 bits per heavy atom. The van der Waals surface area contributed by atoms with Crippen molar-refractivity contribution >= 4 is 23.6 Å². The maximum Gasteiger partial charge on any atom is 0.219 e. The van der Waals surface area contributed by atoms with Crippen molar-refractivity contribution < 1.29 is 5.11 Å². The monoisotopic (exact) mass is 253 g/mol. The number of hydrogen-bond donors (Lipinski definition) is 1. The molecule has 0 aliphatic carbocycles. The predicted octanol–water partition coefficient (Wildman–Crippen LogP) is 3.17. The first kappa shape index (κ1) is 11.7. The van der Waals surface area contributed by atoms with Crippen molar-refractivity contribution in [2.24, 2.45) is 4.99 Å². The number of aromatic hydroxyl groups is 1. The second kappa shape index (κ2) is 4.39. The molecule has 1 aromatic heterocycles. The molecule has 0 saturated carbocycles. The SMILES string of the molecule is CCn1c(C)nc(/C=C2\C=Nc3ccccc32)c1O. The van der Waals surface area contributed by atoms with Gasteiger partial charge >= 0.3 is 0 Å². The number of nitrogens with zero attached hydrogens (tertiary/aromatic N) is 3. The molecule has 0 fully saturated rings. The summed E-state index contributed by atoms with van der Waals surface area (Å²) in [6, 6.07) is 7.95. The van der Waals surface area contributed by atoms with Gasteiger partial charge in [-0.05, 0) is 26.0 Å². The summed E-state index contributed by atoms with van der Waals surface area (Å²) < 4.78 is 1.78. The number of aliphatic imine (C=N–C) groups is 1. The number of fused-ring (bicyclic) bond motifs is 1. The van der Waals surface area contributed by atoms with E-state index >= 15 is 0 Å². The zero-order valence-electron chi connectivity index (χ0n) is 11.0. The fraction of sp³-hybridized carbons (Fsp3) is 0.200. The average molecular weight is 253 g/mol. The standard InChI is InChI=1S/C15H15N3O/c1-3-18-10(2)17-14(15(18)19)8-11-9-16-13-7-5-4-6-12(11)13/h4-9,19H,3H2,1-2H3/b11-8+. The van der Waals surface area contributed by atoms with Crippen molar-refractivity contribution in [2.45, 2.75) is 20.4 Å². The second-order valence-electron chi connectivity index (χ2n) is 4.49. The molecule has 0 unspecified atom stereocenters. The molecule has 1 aliphatic rings. The Bertz CT molecular complexity index is 695. The third kappa shape index (κ3) is 1.85. The van der Waals surface area contributed by atoms with E-state index in [1.807, 2.05) is 50.4 Å². The molecule has 0 atom stereocenters. The first-order chi connectivity index (χ1) is 9.20. The van der Waals surface area contributed by atoms with Gasteiger partial charge in [0.15, 0.2) is 0 Å². The van der Waals surface area contributed by atoms with E-state index in [0.717, 1.165) is 22.6 Å². The van der Waals surface area contributed by atoms with Gasteiger partial charge in [-0.2, -0.15) is 0 Å². The van der Waals surface area contributed by atoms with Crippen LogP contribution in [-0.4, -0.2) is 20.9 Å². The molecule has 1 aromatic carbocycles. The van der Waals surface area contributed by atoms with Crippen LogP contribution in [0.2, 0.25) is 0 Å². The molecule has 1 N–H and O–H groups in total. The third-order valence-electron chi connectivity index (χ3n) is 3.32. The Morgan fingerprint density at radius 1 is 1.32 bits per heavy atom. The predicted molar refractivity (Wildman–Crippen MR) is 76.8 cm³/mol. The molecule has 0 saturated heterocycles. The number of aromatic nitrogens is 2. The summed E-state index contributed by atoms with van der Waals surface area (Å²) >= 11 is 0. The van der Waals surface area contributed by atoms with Gasteiger partial charge in [-0.15, -0.1) is 0 Å². The molecule has 96 valence electrons. The minimum Gasteiger partial charge on any atom is -0.493 e. The molecule has 3 rings (SSSR count). The van der Waals surface area contributed by atoms with E-state index < -0.39 is 0 Å². The lowest BCUT2D eigenvalue weighted by molar-refractivity contribution is 0.418. The van der Waals surface area contributed by atoms with E-state index in [4.69, 9.17) is 0 Å². The molecular weight excluding hydrogens is 238 g/mol. The Labute approximate surface area is 111 Å². The number of hydrogen-bond acceptors (Lipinski definition) is 3. The summed E-state index contributed by atoms with van der Waals surface area (Å²) in [5, 5.41) is 10.1. The van der Waals surface area contributed by atoms with Crippen molar-refractivity contribution in [3.05, 3.63) is 41.3 Å². The van der Waals surface area contributed by atoms with Crippen molar-refractivity contribution in [1.82, 2.24) is 9.55 Å². The number of rotatable bonds is 2. The number of imidazole rings is 1. The maximum absolute atomic E-state index is 10.1. The smallest absolute Gasteiger partial charge is 0.219 e. The quantitative estimate of drug-likeness (QED) is 0.893. The molecule has 4 heteroatoms. The number of benzene rings is 1. The molecule has 1 aliphatic heterocycles. The van der Waals surface area contributed by atoms with Crippen LogP contribution in [0, 0.1) is 6.92 Å². The van der Waals surface area contributed by atoms with Gasteiger partial charge in [0.05, 0.1) is 5.69 Å². The Kier molecular flexibility index (Phi) is 2.71. The van der Waals surface area contributed by atoms with Crippen LogP contribution >= 0.6 is 0 Å². The Hall–Kier alpha value is -2.36. The van der Waals surface area contributed by atoms with Crippen LogP contribution in [0.25, 0.3) is 11.6 Å². The van der Waals surface area contributed by atoms with Gasteiger partial charge in [0.25, 0.3) is 0 Å². The highest BCUT2D eigenvalue weighted by Gasteiger charge is 2.15. The van der Waals surface area contributed by atoms with E-state index in [-0.39, 0.29) is 5.88 Å². The summed E-state index contributed by atoms with van der Waals surface area (Å²) in [7, 11) is 0. The largest absolute Gasteiger partial charge is 0.493 e. The molecular formula is C15H15N3O. The summed E-state index contributed by atoms with van der Waals surface area (Å²) in [5.74, 6) is 1.03. The lowest BCUT2D eigenvalue weighted by Crippen LogP contribution is -1.95. The van der Waals surface area contributed by atoms with Gasteiger partial charge in [-0.1, -0.05) is 18.2 Å². The van der Waals surface area contributed by atoms with Crippen LogP contribution in [-0.2, 0) is 6.54 Å². The van der Waals surface area contributed by atoms with Crippen molar-refractivity contribution in [1.29, 1.82) is 0 Å². The molecule has 2 aromatic rings. The van der Waals surface area contributed by atoms with E-state index in [2.05, 4.69) is 9.98 Å². The van der Waals surface area contributed by atoms with E-state index in [1.54, 1.807) is 4.57 Å². The third-order valence-corrected chi connectivity index (χ3v) is 3.32. The highest BCUT2D eigenvalue weighted by molar-refractivity contribution is 6.21. The van der Waals surface area contributed by atoms with E-state index in [0.29, 0.717) is 12.2 Å². The molecule has 2 heterocycles. The van der Waals surface area contributed by atoms with Gasteiger partial charge in [0.1, 0.15) is 11.5 Å². The summed E-state index contributed by atoms with van der Waals surface area (Å²) in [5.41, 5.74) is 3.61. The van der Waals surface area contributed by atoms with Gasteiger partial charge in [-0.25, -0.2) is 4.98 Å². The van der Waals surface area contributed by atoms with Crippen LogP contribution < -0.4 is 0 Å². The second-order valence-corrected chi connectivity index (χ2v) is 4.49. The van der Waals surface area contributed by atoms with Gasteiger partial charge < -0.3 is 5.11 Å². The van der Waals surface area contributed by atoms with Crippen LogP contribution in [0.15, 0.2) is 29.3 Å². The minimum atomic E-state index is 0.213. The van der Waals surface area contributed by atoms with Gasteiger partial charge in [0.2, 0.25) is 5.88 Å². The fourth-order valence-corrected chi connectivity index (χ4v) is 2.35. The lowest BCUT2D eigenvalue weighted by atomic mass is 10.1. The average Bonchev–Trinajstić information content (AvgIpc) is 2.93. The normalized spacial score (nSPS) is 15.2. The van der Waals surface area contributed by atoms with Crippen LogP contribution in [0.4, 0.5) is 5.69 Å². The first-order valence-corrected chi connectivity index (χ1v) is 6.32. The van der Waals surface area contributed by atoms with Crippen molar-refractivity contribution in [3.8, 4) is 5.88 Å². The molecule has 0 spiro atoms. The van der Waals surface area contributed by atoms with Crippen molar-refractivity contribution in [2.75, 3.05) is 0 Å². The fourth-order valence-electron chi connectivity index (χ4n) is 2.35. The molecule has 0 bridgehead atoms. The number of para-hydroxylation sites is 1. The topological polar surface area (TPSA) is 50.4 Å². The molecule has 19 heavy (non-hydrogen) atoms. The summed E-state index contributed by atoms with van der Waals surface area (Å²) in [6.45, 7) is 4.58. The molecule has 0 radical (unpaired) electrons. The van der Waals surface area contributed by atoms with Crippen LogP contribution in [0.3, 0.4) is 0 Å². The van der Waals surface area contributed by atoms with Crippen molar-refractivity contribution in [3.63, 3.8) is 0 Å². The van der Waals surface area contributed by atoms with Crippen LogP contribution in [0.5, 0.6) is 5.88 Å². The highest BCUT2D eigenvalue weighted by atomic mass is 16.3.